The van der Waals surface area contributed by atoms with Gasteiger partial charge in [0.2, 0.25) is 0 Å². The molecule has 0 bridgehead atoms. The summed E-state index contributed by atoms with van der Waals surface area (Å²) in [4.78, 5) is 39.0. The van der Waals surface area contributed by atoms with Crippen LogP contribution in [0.4, 0.5) is 10.5 Å². The molecule has 0 saturated carbocycles. The first-order valence-corrected chi connectivity index (χ1v) is 12.2. The molecule has 8 heteroatoms. The summed E-state index contributed by atoms with van der Waals surface area (Å²) in [6.07, 6.45) is 1.64. The minimum Gasteiger partial charge on any atom is -0.492 e. The molecule has 1 fully saturated rings. The second-order valence-corrected chi connectivity index (χ2v) is 9.14. The van der Waals surface area contributed by atoms with Gasteiger partial charge in [0.05, 0.1) is 11.4 Å². The van der Waals surface area contributed by atoms with E-state index < -0.39 is 0 Å². The zero-order valence-electron chi connectivity index (χ0n) is 20.0. The van der Waals surface area contributed by atoms with Crippen molar-refractivity contribution >= 4 is 40.6 Å². The molecule has 184 valence electrons. The minimum atomic E-state index is -0.360. The Morgan fingerprint density at radius 2 is 1.69 bits per heavy atom. The van der Waals surface area contributed by atoms with Crippen LogP contribution in [0.2, 0.25) is 0 Å². The molecule has 3 aromatic carbocycles. The van der Waals surface area contributed by atoms with E-state index in [9.17, 15) is 14.4 Å². The molecule has 0 aliphatic carbocycles. The Morgan fingerprint density at radius 3 is 2.50 bits per heavy atom. The molecule has 1 saturated heterocycles. The molecule has 0 radical (unpaired) electrons. The first-order chi connectivity index (χ1) is 17.4. The van der Waals surface area contributed by atoms with Crippen molar-refractivity contribution in [1.82, 2.24) is 4.90 Å². The molecule has 3 amide bonds. The highest BCUT2D eigenvalue weighted by Gasteiger charge is 2.34. The number of aryl methyl sites for hydroxylation is 1. The maximum Gasteiger partial charge on any atom is 0.293 e. The average molecular weight is 503 g/mol. The van der Waals surface area contributed by atoms with E-state index in [1.54, 1.807) is 30.3 Å². The van der Waals surface area contributed by atoms with Gasteiger partial charge < -0.3 is 14.8 Å². The van der Waals surface area contributed by atoms with Crippen molar-refractivity contribution in [2.24, 2.45) is 0 Å². The van der Waals surface area contributed by atoms with E-state index in [-0.39, 0.29) is 36.8 Å². The van der Waals surface area contributed by atoms with Crippen LogP contribution < -0.4 is 14.8 Å². The molecule has 1 aliphatic heterocycles. The van der Waals surface area contributed by atoms with Crippen LogP contribution in [0.15, 0.2) is 77.7 Å². The lowest BCUT2D eigenvalue weighted by Gasteiger charge is -2.13. The molecule has 1 N–H and O–H groups in total. The van der Waals surface area contributed by atoms with Crippen LogP contribution in [0.5, 0.6) is 11.5 Å². The lowest BCUT2D eigenvalue weighted by Crippen LogP contribution is -2.32. The topological polar surface area (TPSA) is 84.9 Å². The quantitative estimate of drug-likeness (QED) is 0.393. The summed E-state index contributed by atoms with van der Waals surface area (Å²) < 4.78 is 11.3. The highest BCUT2D eigenvalue weighted by atomic mass is 32.2. The predicted octanol–water partition coefficient (Wildman–Crippen LogP) is 5.44. The number of carbonyl (C=O) groups excluding carboxylic acids is 3. The number of hydrogen-bond acceptors (Lipinski definition) is 6. The van der Waals surface area contributed by atoms with E-state index >= 15 is 0 Å². The zero-order chi connectivity index (χ0) is 25.5. The molecular weight excluding hydrogens is 476 g/mol. The molecule has 7 nitrogen and oxygen atoms in total. The van der Waals surface area contributed by atoms with E-state index in [1.807, 2.05) is 62.4 Å². The van der Waals surface area contributed by atoms with Gasteiger partial charge in [-0.25, -0.2) is 0 Å². The fourth-order valence-electron chi connectivity index (χ4n) is 3.53. The van der Waals surface area contributed by atoms with Gasteiger partial charge in [0.25, 0.3) is 17.1 Å². The van der Waals surface area contributed by atoms with E-state index in [2.05, 4.69) is 5.32 Å². The summed E-state index contributed by atoms with van der Waals surface area (Å²) in [7, 11) is 0. The second kappa shape index (κ2) is 11.6. The first kappa shape index (κ1) is 25.1. The first-order valence-electron chi connectivity index (χ1n) is 11.4. The van der Waals surface area contributed by atoms with E-state index in [1.165, 1.54) is 4.90 Å². The number of carbonyl (C=O) groups is 3. The van der Waals surface area contributed by atoms with Crippen LogP contribution >= 0.6 is 11.8 Å². The van der Waals surface area contributed by atoms with Crippen LogP contribution in [-0.4, -0.2) is 41.7 Å². The van der Waals surface area contributed by atoms with E-state index in [4.69, 9.17) is 9.47 Å². The smallest absolute Gasteiger partial charge is 0.293 e. The van der Waals surface area contributed by atoms with Crippen LogP contribution in [0.3, 0.4) is 0 Å². The number of ether oxygens (including phenoxy) is 2. The lowest BCUT2D eigenvalue weighted by molar-refractivity contribution is -0.123. The van der Waals surface area contributed by atoms with Gasteiger partial charge in [0.15, 0.2) is 6.61 Å². The van der Waals surface area contributed by atoms with Crippen molar-refractivity contribution in [1.29, 1.82) is 0 Å². The fourth-order valence-corrected chi connectivity index (χ4v) is 4.40. The Morgan fingerprint density at radius 1 is 0.944 bits per heavy atom. The number of nitrogens with zero attached hydrogens (tertiary/aromatic N) is 1. The van der Waals surface area contributed by atoms with E-state index in [0.717, 1.165) is 28.6 Å². The minimum absolute atomic E-state index is 0.158. The van der Waals surface area contributed by atoms with E-state index in [0.29, 0.717) is 22.0 Å². The molecule has 3 aromatic rings. The predicted molar refractivity (Wildman–Crippen MR) is 141 cm³/mol. The number of benzene rings is 3. The Hall–Kier alpha value is -4.04. The highest BCUT2D eigenvalue weighted by Crippen LogP contribution is 2.32. The summed E-state index contributed by atoms with van der Waals surface area (Å²) in [6, 6.07) is 22.0. The summed E-state index contributed by atoms with van der Waals surface area (Å²) in [5.74, 6) is 0.531. The van der Waals surface area contributed by atoms with Crippen LogP contribution in [0, 0.1) is 13.8 Å². The van der Waals surface area contributed by atoms with Gasteiger partial charge in [0, 0.05) is 5.69 Å². The maximum atomic E-state index is 12.8. The monoisotopic (exact) mass is 502 g/mol. The number of nitrogens with one attached hydrogen (secondary N) is 1. The third-order valence-electron chi connectivity index (χ3n) is 5.60. The van der Waals surface area contributed by atoms with Gasteiger partial charge in [0.1, 0.15) is 18.1 Å². The number of rotatable bonds is 9. The standard InChI is InChI=1S/C28H26N2O5S/c1-19-8-6-13-24(20(19)2)29-26(31)18-35-23-12-7-9-21(16-23)17-25-27(32)30(28(33)36-25)14-15-34-22-10-4-3-5-11-22/h3-13,16-17H,14-15,18H2,1-2H3,(H,29,31)/b25-17-. The summed E-state index contributed by atoms with van der Waals surface area (Å²) in [5, 5.41) is 2.53. The largest absolute Gasteiger partial charge is 0.492 e. The summed E-state index contributed by atoms with van der Waals surface area (Å²) in [6.45, 7) is 4.15. The molecule has 4 rings (SSSR count). The van der Waals surface area contributed by atoms with Gasteiger partial charge in [-0.1, -0.05) is 42.5 Å². The van der Waals surface area contributed by atoms with Crippen molar-refractivity contribution in [2.75, 3.05) is 25.1 Å². The van der Waals surface area contributed by atoms with Crippen LogP contribution in [-0.2, 0) is 9.59 Å². The normalized spacial score (nSPS) is 14.3. The third kappa shape index (κ3) is 6.34. The molecule has 1 heterocycles. The third-order valence-corrected chi connectivity index (χ3v) is 6.51. The van der Waals surface area contributed by atoms with Crippen LogP contribution in [0.1, 0.15) is 16.7 Å². The van der Waals surface area contributed by atoms with Crippen molar-refractivity contribution in [2.45, 2.75) is 13.8 Å². The van der Waals surface area contributed by atoms with Gasteiger partial charge in [-0.2, -0.15) is 0 Å². The number of para-hydroxylation sites is 1. The summed E-state index contributed by atoms with van der Waals surface area (Å²) in [5.41, 5.74) is 3.54. The number of amides is 3. The Balaban J connectivity index is 1.33. The molecule has 0 unspecified atom stereocenters. The number of imide groups is 1. The maximum absolute atomic E-state index is 12.8. The number of anilines is 1. The fraction of sp³-hybridized carbons (Fsp3) is 0.179. The molecule has 1 aliphatic rings. The van der Waals surface area contributed by atoms with Crippen molar-refractivity contribution < 1.29 is 23.9 Å². The molecule has 0 spiro atoms. The number of hydrogen-bond donors (Lipinski definition) is 1. The number of thioether (sulfide) groups is 1. The highest BCUT2D eigenvalue weighted by molar-refractivity contribution is 8.18. The molecule has 36 heavy (non-hydrogen) atoms. The van der Waals surface area contributed by atoms with Crippen LogP contribution in [0.25, 0.3) is 6.08 Å². The van der Waals surface area contributed by atoms with Crippen molar-refractivity contribution in [3.8, 4) is 11.5 Å². The Bertz CT molecular complexity index is 1310. The zero-order valence-corrected chi connectivity index (χ0v) is 20.8. The van der Waals surface area contributed by atoms with Gasteiger partial charge in [-0.15, -0.1) is 0 Å². The lowest BCUT2D eigenvalue weighted by atomic mass is 10.1. The Labute approximate surface area is 214 Å². The Kier molecular flexibility index (Phi) is 8.07. The van der Waals surface area contributed by atoms with Crippen molar-refractivity contribution in [3.63, 3.8) is 0 Å². The average Bonchev–Trinajstić information content (AvgIpc) is 3.14. The van der Waals surface area contributed by atoms with Gasteiger partial charge in [-0.05, 0) is 78.7 Å². The van der Waals surface area contributed by atoms with Gasteiger partial charge in [-0.3, -0.25) is 19.3 Å². The summed E-state index contributed by atoms with van der Waals surface area (Å²) >= 11 is 0.889. The molecular formula is C28H26N2O5S. The SMILES string of the molecule is Cc1cccc(NC(=O)COc2cccc(/C=C3\SC(=O)N(CCOc4ccccc4)C3=O)c2)c1C. The van der Waals surface area contributed by atoms with Gasteiger partial charge >= 0.3 is 0 Å². The molecule has 0 aromatic heterocycles. The van der Waals surface area contributed by atoms with Crippen molar-refractivity contribution in [3.05, 3.63) is 94.4 Å². The second-order valence-electron chi connectivity index (χ2n) is 8.15. The molecule has 0 atom stereocenters.